The van der Waals surface area contributed by atoms with Crippen molar-refractivity contribution in [2.75, 3.05) is 6.54 Å². The van der Waals surface area contributed by atoms with Crippen LogP contribution < -0.4 is 5.32 Å². The van der Waals surface area contributed by atoms with Crippen LogP contribution in [0.1, 0.15) is 66.7 Å². The van der Waals surface area contributed by atoms with Gasteiger partial charge in [-0.2, -0.15) is 0 Å². The van der Waals surface area contributed by atoms with Gasteiger partial charge in [0.15, 0.2) is 0 Å². The lowest BCUT2D eigenvalue weighted by Gasteiger charge is -2.31. The quantitative estimate of drug-likeness (QED) is 0.735. The van der Waals surface area contributed by atoms with Crippen molar-refractivity contribution in [1.82, 2.24) is 5.32 Å². The maximum atomic E-state index is 3.60. The molecule has 1 nitrogen and oxygen atoms in total. The molecule has 1 heteroatoms. The van der Waals surface area contributed by atoms with Crippen LogP contribution >= 0.6 is 0 Å². The minimum atomic E-state index is 0.153. The summed E-state index contributed by atoms with van der Waals surface area (Å²) >= 11 is 0. The molecule has 0 bridgehead atoms. The Bertz CT molecular complexity index is 287. The van der Waals surface area contributed by atoms with Gasteiger partial charge in [-0.1, -0.05) is 32.6 Å². The average molecular weight is 249 g/mol. The molecule has 1 fully saturated rings. The molecule has 0 amide bonds. The van der Waals surface area contributed by atoms with Crippen molar-refractivity contribution in [3.63, 3.8) is 0 Å². The second kappa shape index (κ2) is 7.19. The predicted octanol–water partition coefficient (Wildman–Crippen LogP) is 4.23. The molecule has 2 unspecified atom stereocenters. The number of hydrogen-bond donors (Lipinski definition) is 1. The van der Waals surface area contributed by atoms with Gasteiger partial charge in [-0.05, 0) is 52.0 Å². The highest BCUT2D eigenvalue weighted by Crippen LogP contribution is 2.31. The third-order valence-electron chi connectivity index (χ3n) is 3.68. The molecule has 0 aliphatic heterocycles. The molecule has 0 aromatic heterocycles. The van der Waals surface area contributed by atoms with E-state index < -0.39 is 0 Å². The minimum Gasteiger partial charge on any atom is -0.314 e. The highest BCUT2D eigenvalue weighted by Gasteiger charge is 2.24. The van der Waals surface area contributed by atoms with E-state index in [0.717, 1.165) is 18.3 Å². The zero-order chi connectivity index (χ0) is 13.6. The van der Waals surface area contributed by atoms with Gasteiger partial charge in [0.2, 0.25) is 0 Å². The monoisotopic (exact) mass is 249 g/mol. The first kappa shape index (κ1) is 15.6. The summed E-state index contributed by atoms with van der Waals surface area (Å²) in [6.45, 7) is 12.2. The van der Waals surface area contributed by atoms with Crippen LogP contribution in [0.3, 0.4) is 0 Å². The van der Waals surface area contributed by atoms with Crippen LogP contribution in [0.15, 0.2) is 0 Å². The molecule has 1 aliphatic carbocycles. The van der Waals surface area contributed by atoms with Crippen molar-refractivity contribution >= 4 is 0 Å². The zero-order valence-corrected chi connectivity index (χ0v) is 13.0. The summed E-state index contributed by atoms with van der Waals surface area (Å²) < 4.78 is 0. The Hall–Kier alpha value is -0.480. The van der Waals surface area contributed by atoms with E-state index in [9.17, 15) is 0 Å². The standard InChI is InChI=1S/C17H31N/c1-14(2)18-13-16-10-7-6-9-15(16)11-8-12-17(3,4)5/h14-16,18H,6-7,9-11,13H2,1-5H3. The maximum absolute atomic E-state index is 3.60. The van der Waals surface area contributed by atoms with Crippen molar-refractivity contribution in [3.8, 4) is 11.8 Å². The smallest absolute Gasteiger partial charge is 0.0230 e. The summed E-state index contributed by atoms with van der Waals surface area (Å²) in [4.78, 5) is 0. The Morgan fingerprint density at radius 3 is 2.28 bits per heavy atom. The van der Waals surface area contributed by atoms with E-state index in [-0.39, 0.29) is 5.41 Å². The van der Waals surface area contributed by atoms with E-state index in [4.69, 9.17) is 0 Å². The molecule has 1 aliphatic rings. The first-order valence-corrected chi connectivity index (χ1v) is 7.62. The summed E-state index contributed by atoms with van der Waals surface area (Å²) in [6.07, 6.45) is 6.68. The van der Waals surface area contributed by atoms with Gasteiger partial charge in [0, 0.05) is 17.9 Å². The van der Waals surface area contributed by atoms with E-state index in [0.29, 0.717) is 6.04 Å². The van der Waals surface area contributed by atoms with Crippen molar-refractivity contribution in [1.29, 1.82) is 0 Å². The lowest BCUT2D eigenvalue weighted by molar-refractivity contribution is 0.230. The first-order valence-electron chi connectivity index (χ1n) is 7.62. The Kier molecular flexibility index (Phi) is 6.22. The van der Waals surface area contributed by atoms with Gasteiger partial charge in [-0.15, -0.1) is 5.92 Å². The van der Waals surface area contributed by atoms with Gasteiger partial charge in [-0.3, -0.25) is 0 Å². The minimum absolute atomic E-state index is 0.153. The predicted molar refractivity (Wildman–Crippen MR) is 80.4 cm³/mol. The normalized spacial score (nSPS) is 24.8. The van der Waals surface area contributed by atoms with Gasteiger partial charge in [0.25, 0.3) is 0 Å². The molecule has 1 rings (SSSR count). The Morgan fingerprint density at radius 2 is 1.72 bits per heavy atom. The molecular weight excluding hydrogens is 218 g/mol. The fourth-order valence-electron chi connectivity index (χ4n) is 2.66. The first-order chi connectivity index (χ1) is 8.38. The van der Waals surface area contributed by atoms with Crippen molar-refractivity contribution in [2.45, 2.75) is 72.8 Å². The maximum Gasteiger partial charge on any atom is 0.0230 e. The van der Waals surface area contributed by atoms with Gasteiger partial charge in [-0.25, -0.2) is 0 Å². The molecule has 0 saturated heterocycles. The SMILES string of the molecule is CC(C)NCC1CCCCC1CC#CC(C)(C)C. The fraction of sp³-hybridized carbons (Fsp3) is 0.882. The molecule has 0 radical (unpaired) electrons. The number of rotatable bonds is 4. The lowest BCUT2D eigenvalue weighted by atomic mass is 9.77. The van der Waals surface area contributed by atoms with Crippen LogP contribution in [0.25, 0.3) is 0 Å². The molecule has 18 heavy (non-hydrogen) atoms. The van der Waals surface area contributed by atoms with Crippen molar-refractivity contribution in [3.05, 3.63) is 0 Å². The molecule has 0 aromatic carbocycles. The summed E-state index contributed by atoms with van der Waals surface area (Å²) in [7, 11) is 0. The van der Waals surface area contributed by atoms with Gasteiger partial charge in [0.1, 0.15) is 0 Å². The molecule has 0 spiro atoms. The molecular formula is C17H31N. The lowest BCUT2D eigenvalue weighted by Crippen LogP contribution is -2.34. The largest absolute Gasteiger partial charge is 0.314 e. The third-order valence-corrected chi connectivity index (χ3v) is 3.68. The van der Waals surface area contributed by atoms with Crippen LogP contribution in [-0.2, 0) is 0 Å². The van der Waals surface area contributed by atoms with Gasteiger partial charge < -0.3 is 5.32 Å². The van der Waals surface area contributed by atoms with Gasteiger partial charge in [0.05, 0.1) is 0 Å². The van der Waals surface area contributed by atoms with Crippen LogP contribution in [0, 0.1) is 29.1 Å². The Morgan fingerprint density at radius 1 is 1.11 bits per heavy atom. The molecule has 0 heterocycles. The van der Waals surface area contributed by atoms with Crippen molar-refractivity contribution < 1.29 is 0 Å². The highest BCUT2D eigenvalue weighted by atomic mass is 14.9. The van der Waals surface area contributed by atoms with Crippen LogP contribution in [-0.4, -0.2) is 12.6 Å². The summed E-state index contributed by atoms with van der Waals surface area (Å²) in [6, 6.07) is 0.605. The zero-order valence-electron chi connectivity index (χ0n) is 13.0. The molecule has 1 N–H and O–H groups in total. The summed E-state index contributed by atoms with van der Waals surface area (Å²) in [5.74, 6) is 8.48. The highest BCUT2D eigenvalue weighted by molar-refractivity contribution is 5.08. The van der Waals surface area contributed by atoms with Crippen LogP contribution in [0.2, 0.25) is 0 Å². The van der Waals surface area contributed by atoms with Crippen molar-refractivity contribution in [2.24, 2.45) is 17.3 Å². The van der Waals surface area contributed by atoms with Crippen LogP contribution in [0.5, 0.6) is 0 Å². The van der Waals surface area contributed by atoms with E-state index in [2.05, 4.69) is 51.8 Å². The second-order valence-corrected chi connectivity index (χ2v) is 7.12. The van der Waals surface area contributed by atoms with Crippen LogP contribution in [0.4, 0.5) is 0 Å². The Labute approximate surface area is 114 Å². The topological polar surface area (TPSA) is 12.0 Å². The number of nitrogens with one attached hydrogen (secondary N) is 1. The summed E-state index contributed by atoms with van der Waals surface area (Å²) in [5.41, 5.74) is 0.153. The number of hydrogen-bond acceptors (Lipinski definition) is 1. The second-order valence-electron chi connectivity index (χ2n) is 7.12. The van der Waals surface area contributed by atoms with E-state index in [1.165, 1.54) is 32.2 Å². The molecule has 0 aromatic rings. The summed E-state index contributed by atoms with van der Waals surface area (Å²) in [5, 5.41) is 3.60. The fourth-order valence-corrected chi connectivity index (χ4v) is 2.66. The van der Waals surface area contributed by atoms with E-state index in [1.807, 2.05) is 0 Å². The third kappa shape index (κ3) is 6.45. The average Bonchev–Trinajstić information content (AvgIpc) is 2.26. The molecule has 104 valence electrons. The Balaban J connectivity index is 2.46. The van der Waals surface area contributed by atoms with E-state index in [1.54, 1.807) is 0 Å². The van der Waals surface area contributed by atoms with E-state index >= 15 is 0 Å². The molecule has 2 atom stereocenters. The van der Waals surface area contributed by atoms with Gasteiger partial charge >= 0.3 is 0 Å². The molecule has 1 saturated carbocycles.